The summed E-state index contributed by atoms with van der Waals surface area (Å²) < 4.78 is 11.3. The van der Waals surface area contributed by atoms with Crippen molar-refractivity contribution in [3.63, 3.8) is 0 Å². The average molecular weight is 291 g/mol. The molecule has 1 aliphatic rings. The van der Waals surface area contributed by atoms with Gasteiger partial charge in [0.25, 0.3) is 0 Å². The van der Waals surface area contributed by atoms with Gasteiger partial charge in [-0.05, 0) is 26.3 Å². The first-order valence-electron chi connectivity index (χ1n) is 7.49. The van der Waals surface area contributed by atoms with Gasteiger partial charge in [-0.1, -0.05) is 24.3 Å². The van der Waals surface area contributed by atoms with E-state index in [1.54, 1.807) is 7.11 Å². The van der Waals surface area contributed by atoms with E-state index >= 15 is 0 Å². The molecular weight excluding hydrogens is 266 g/mol. The molecule has 0 aromatic heterocycles. The SMILES string of the molecule is COc1cccc(CN[C@@H]2C=C[C@H](CO)C2)c1OC(C)C. The molecule has 1 aliphatic carbocycles. The van der Waals surface area contributed by atoms with Crippen LogP contribution >= 0.6 is 0 Å². The Hall–Kier alpha value is -1.52. The standard InChI is InChI=1S/C17H25NO3/c1-12(2)21-17-14(5-4-6-16(17)20-3)10-18-15-8-7-13(9-15)11-19/h4-8,12-13,15,18-19H,9-11H2,1-3H3/t13-,15+/m0/s1. The van der Waals surface area contributed by atoms with Gasteiger partial charge in [0.2, 0.25) is 0 Å². The summed E-state index contributed by atoms with van der Waals surface area (Å²) in [6.45, 7) is 4.95. The highest BCUT2D eigenvalue weighted by Crippen LogP contribution is 2.32. The van der Waals surface area contributed by atoms with E-state index in [1.165, 1.54) is 0 Å². The van der Waals surface area contributed by atoms with Crippen molar-refractivity contribution in [3.05, 3.63) is 35.9 Å². The molecule has 116 valence electrons. The second-order valence-electron chi connectivity index (χ2n) is 5.67. The van der Waals surface area contributed by atoms with Gasteiger partial charge in [0.05, 0.1) is 13.2 Å². The topological polar surface area (TPSA) is 50.7 Å². The molecule has 1 aromatic rings. The summed E-state index contributed by atoms with van der Waals surface area (Å²) in [5.74, 6) is 1.85. The minimum atomic E-state index is 0.102. The molecule has 0 fully saturated rings. The van der Waals surface area contributed by atoms with E-state index in [4.69, 9.17) is 14.6 Å². The number of hydrogen-bond acceptors (Lipinski definition) is 4. The number of nitrogens with one attached hydrogen (secondary N) is 1. The van der Waals surface area contributed by atoms with Crippen LogP contribution in [0.1, 0.15) is 25.8 Å². The van der Waals surface area contributed by atoms with Crippen LogP contribution in [0.3, 0.4) is 0 Å². The number of methoxy groups -OCH3 is 1. The van der Waals surface area contributed by atoms with Crippen molar-refractivity contribution in [1.29, 1.82) is 0 Å². The van der Waals surface area contributed by atoms with Gasteiger partial charge in [-0.25, -0.2) is 0 Å². The second kappa shape index (κ2) is 7.48. The second-order valence-corrected chi connectivity index (χ2v) is 5.67. The van der Waals surface area contributed by atoms with Gasteiger partial charge in [0.1, 0.15) is 0 Å². The Bertz CT molecular complexity index is 485. The molecule has 0 heterocycles. The first-order chi connectivity index (χ1) is 10.1. The Morgan fingerprint density at radius 1 is 1.33 bits per heavy atom. The zero-order chi connectivity index (χ0) is 15.2. The van der Waals surface area contributed by atoms with Gasteiger partial charge in [-0.2, -0.15) is 0 Å². The van der Waals surface area contributed by atoms with Gasteiger partial charge in [-0.3, -0.25) is 0 Å². The van der Waals surface area contributed by atoms with Gasteiger partial charge in [0.15, 0.2) is 11.5 Å². The third-order valence-electron chi connectivity index (χ3n) is 3.60. The van der Waals surface area contributed by atoms with Gasteiger partial charge in [0, 0.05) is 30.7 Å². The molecule has 0 spiro atoms. The third-order valence-corrected chi connectivity index (χ3v) is 3.60. The van der Waals surface area contributed by atoms with Crippen LogP contribution in [0.4, 0.5) is 0 Å². The Balaban J connectivity index is 2.04. The maximum atomic E-state index is 9.17. The fourth-order valence-corrected chi connectivity index (χ4v) is 2.53. The van der Waals surface area contributed by atoms with Crippen LogP contribution < -0.4 is 14.8 Å². The lowest BCUT2D eigenvalue weighted by Crippen LogP contribution is -2.26. The number of para-hydroxylation sites is 1. The van der Waals surface area contributed by atoms with Crippen molar-refractivity contribution in [1.82, 2.24) is 5.32 Å². The summed E-state index contributed by atoms with van der Waals surface area (Å²) in [5, 5.41) is 12.7. The molecule has 0 saturated heterocycles. The molecule has 0 aliphatic heterocycles. The molecular formula is C17H25NO3. The highest BCUT2D eigenvalue weighted by molar-refractivity contribution is 5.46. The van der Waals surface area contributed by atoms with Crippen molar-refractivity contribution in [3.8, 4) is 11.5 Å². The van der Waals surface area contributed by atoms with Crippen LogP contribution in [-0.2, 0) is 6.54 Å². The molecule has 0 unspecified atom stereocenters. The molecule has 0 bridgehead atoms. The number of rotatable bonds is 7. The summed E-state index contributed by atoms with van der Waals surface area (Å²) >= 11 is 0. The number of aliphatic hydroxyl groups excluding tert-OH is 1. The van der Waals surface area contributed by atoms with Crippen molar-refractivity contribution in [2.24, 2.45) is 5.92 Å². The van der Waals surface area contributed by atoms with E-state index in [2.05, 4.69) is 23.5 Å². The fraction of sp³-hybridized carbons (Fsp3) is 0.529. The summed E-state index contributed by atoms with van der Waals surface area (Å²) in [5.41, 5.74) is 1.09. The maximum absolute atomic E-state index is 9.17. The molecule has 2 rings (SSSR count). The number of benzene rings is 1. The molecule has 4 nitrogen and oxygen atoms in total. The van der Waals surface area contributed by atoms with Crippen LogP contribution in [-0.4, -0.2) is 31.0 Å². The molecule has 21 heavy (non-hydrogen) atoms. The average Bonchev–Trinajstić information content (AvgIpc) is 2.93. The maximum Gasteiger partial charge on any atom is 0.166 e. The molecule has 2 N–H and O–H groups in total. The summed E-state index contributed by atoms with van der Waals surface area (Å²) in [6.07, 6.45) is 5.25. The van der Waals surface area contributed by atoms with Crippen LogP contribution in [0.25, 0.3) is 0 Å². The molecule has 4 heteroatoms. The fourth-order valence-electron chi connectivity index (χ4n) is 2.53. The van der Waals surface area contributed by atoms with E-state index in [-0.39, 0.29) is 18.6 Å². The number of ether oxygens (including phenoxy) is 2. The van der Waals surface area contributed by atoms with Crippen molar-refractivity contribution in [2.45, 2.75) is 39.0 Å². The Kier molecular flexibility index (Phi) is 5.65. The highest BCUT2D eigenvalue weighted by Gasteiger charge is 2.19. The van der Waals surface area contributed by atoms with Crippen LogP contribution in [0.5, 0.6) is 11.5 Å². The summed E-state index contributed by atoms with van der Waals surface area (Å²) in [4.78, 5) is 0. The van der Waals surface area contributed by atoms with Crippen LogP contribution in [0.15, 0.2) is 30.4 Å². The smallest absolute Gasteiger partial charge is 0.166 e. The number of hydrogen-bond donors (Lipinski definition) is 2. The van der Waals surface area contributed by atoms with Gasteiger partial charge >= 0.3 is 0 Å². The van der Waals surface area contributed by atoms with Crippen molar-refractivity contribution in [2.75, 3.05) is 13.7 Å². The van der Waals surface area contributed by atoms with Crippen LogP contribution in [0.2, 0.25) is 0 Å². The Labute approximate surface area is 126 Å². The molecule has 0 saturated carbocycles. The predicted molar refractivity (Wildman–Crippen MR) is 83.7 cm³/mol. The van der Waals surface area contributed by atoms with Crippen molar-refractivity contribution >= 4 is 0 Å². The molecule has 1 aromatic carbocycles. The third kappa shape index (κ3) is 4.22. The predicted octanol–water partition coefficient (Wildman–Crippen LogP) is 2.51. The van der Waals surface area contributed by atoms with E-state index in [9.17, 15) is 0 Å². The normalized spacial score (nSPS) is 21.0. The van der Waals surface area contributed by atoms with E-state index in [0.29, 0.717) is 12.6 Å². The summed E-state index contributed by atoms with van der Waals surface area (Å²) in [6, 6.07) is 6.25. The minimum Gasteiger partial charge on any atom is -0.493 e. The Morgan fingerprint density at radius 2 is 2.14 bits per heavy atom. The first kappa shape index (κ1) is 15.9. The monoisotopic (exact) mass is 291 g/mol. The lowest BCUT2D eigenvalue weighted by molar-refractivity contribution is 0.226. The minimum absolute atomic E-state index is 0.102. The molecule has 0 radical (unpaired) electrons. The Morgan fingerprint density at radius 3 is 2.76 bits per heavy atom. The lowest BCUT2D eigenvalue weighted by Gasteiger charge is -2.19. The van der Waals surface area contributed by atoms with E-state index < -0.39 is 0 Å². The summed E-state index contributed by atoms with van der Waals surface area (Å²) in [7, 11) is 1.66. The zero-order valence-electron chi connectivity index (χ0n) is 13.0. The van der Waals surface area contributed by atoms with E-state index in [0.717, 1.165) is 23.5 Å². The molecule has 2 atom stereocenters. The van der Waals surface area contributed by atoms with Gasteiger partial charge in [-0.15, -0.1) is 0 Å². The van der Waals surface area contributed by atoms with Crippen molar-refractivity contribution < 1.29 is 14.6 Å². The van der Waals surface area contributed by atoms with Crippen LogP contribution in [0, 0.1) is 5.92 Å². The highest BCUT2D eigenvalue weighted by atomic mass is 16.5. The largest absolute Gasteiger partial charge is 0.493 e. The zero-order valence-corrected chi connectivity index (χ0v) is 13.0. The first-order valence-corrected chi connectivity index (χ1v) is 7.49. The quantitative estimate of drug-likeness (QED) is 0.758. The van der Waals surface area contributed by atoms with E-state index in [1.807, 2.05) is 26.0 Å². The molecule has 0 amide bonds. The van der Waals surface area contributed by atoms with Gasteiger partial charge < -0.3 is 19.9 Å². The number of aliphatic hydroxyl groups is 1. The lowest BCUT2D eigenvalue weighted by atomic mass is 10.1.